The molecule has 3 aliphatic heterocycles. The highest BCUT2D eigenvalue weighted by molar-refractivity contribution is 6.03. The van der Waals surface area contributed by atoms with Gasteiger partial charge in [0.25, 0.3) is 0 Å². The largest absolute Gasteiger partial charge is 0.359 e. The van der Waals surface area contributed by atoms with E-state index in [0.29, 0.717) is 11.6 Å². The number of anilines is 1. The summed E-state index contributed by atoms with van der Waals surface area (Å²) >= 11 is 0. The van der Waals surface area contributed by atoms with Gasteiger partial charge in [0, 0.05) is 17.8 Å². The van der Waals surface area contributed by atoms with Gasteiger partial charge in [-0.15, -0.1) is 0 Å². The number of ether oxygens (including phenoxy) is 1. The Hall–Kier alpha value is -2.67. The monoisotopic (exact) mass is 505 g/mol. The molecular formula is C30H39N3O4. The van der Waals surface area contributed by atoms with Gasteiger partial charge in [0.15, 0.2) is 0 Å². The molecule has 1 aromatic carbocycles. The van der Waals surface area contributed by atoms with E-state index in [9.17, 15) is 14.4 Å². The minimum atomic E-state index is -1.09. The van der Waals surface area contributed by atoms with E-state index < -0.39 is 29.6 Å². The first-order valence-corrected chi connectivity index (χ1v) is 14.3. The lowest BCUT2D eigenvalue weighted by molar-refractivity contribution is -0.145. The van der Waals surface area contributed by atoms with Crippen molar-refractivity contribution >= 4 is 23.4 Å². The second kappa shape index (κ2) is 9.57. The van der Waals surface area contributed by atoms with E-state index in [1.54, 1.807) is 0 Å². The fraction of sp³-hybridized carbons (Fsp3) is 0.633. The number of hydrogen-bond donors (Lipinski definition) is 2. The summed E-state index contributed by atoms with van der Waals surface area (Å²) < 4.78 is 6.53. The zero-order valence-electron chi connectivity index (χ0n) is 21.9. The fourth-order valence-electron chi connectivity index (χ4n) is 7.70. The van der Waals surface area contributed by atoms with Gasteiger partial charge in [0.2, 0.25) is 17.7 Å². The Balaban J connectivity index is 1.32. The van der Waals surface area contributed by atoms with E-state index >= 15 is 0 Å². The number of amides is 3. The first-order valence-electron chi connectivity index (χ1n) is 14.3. The van der Waals surface area contributed by atoms with Crippen LogP contribution in [0.5, 0.6) is 0 Å². The van der Waals surface area contributed by atoms with Gasteiger partial charge in [-0.2, -0.15) is 0 Å². The number of carbonyl (C=O) groups excluding carboxylic acids is 3. The topological polar surface area (TPSA) is 87.7 Å². The summed E-state index contributed by atoms with van der Waals surface area (Å²) in [6, 6.07) is 7.05. The summed E-state index contributed by atoms with van der Waals surface area (Å²) in [5.41, 5.74) is 0.670. The molecule has 7 heteroatoms. The van der Waals surface area contributed by atoms with Gasteiger partial charge in [-0.1, -0.05) is 63.3 Å². The average Bonchev–Trinajstić information content (AvgIpc) is 3.53. The minimum Gasteiger partial charge on any atom is -0.359 e. The quantitative estimate of drug-likeness (QED) is 0.590. The number of fused-ring (bicyclic) bond motifs is 1. The summed E-state index contributed by atoms with van der Waals surface area (Å²) in [6.07, 6.45) is 12.7. The van der Waals surface area contributed by atoms with Gasteiger partial charge in [0.05, 0.1) is 17.9 Å². The molecule has 3 heterocycles. The number of carbonyl (C=O) groups is 3. The maximum atomic E-state index is 14.2. The SMILES string of the molecule is Cc1cccc(NC(=O)C2C3C=CC4(O3)C2C(=O)N(C2CCCCC2)C4C(=O)NC2CCCCC2C)c1. The van der Waals surface area contributed by atoms with Crippen molar-refractivity contribution in [1.82, 2.24) is 10.2 Å². The van der Waals surface area contributed by atoms with Crippen LogP contribution in [-0.4, -0.2) is 52.5 Å². The van der Waals surface area contributed by atoms with Crippen LogP contribution in [0.3, 0.4) is 0 Å². The number of rotatable bonds is 5. The Kier molecular flexibility index (Phi) is 6.38. The Morgan fingerprint density at radius 1 is 1.03 bits per heavy atom. The third-order valence-corrected chi connectivity index (χ3v) is 9.56. The first kappa shape index (κ1) is 24.7. The molecular weight excluding hydrogens is 466 g/mol. The standard InChI is InChI=1S/C30H39N3O4/c1-18-9-8-11-20(17-18)31-27(34)24-23-15-16-30(37-23)25(24)29(36)33(21-12-4-3-5-13-21)26(30)28(35)32-22-14-7-6-10-19(22)2/h8-9,11,15-17,19,21-26H,3-7,10,12-14H2,1-2H3,(H,31,34)(H,32,35). The molecule has 4 fully saturated rings. The molecule has 1 spiro atoms. The molecule has 2 saturated heterocycles. The lowest BCUT2D eigenvalue weighted by Gasteiger charge is -2.40. The zero-order chi connectivity index (χ0) is 25.7. The van der Waals surface area contributed by atoms with Gasteiger partial charge < -0.3 is 20.3 Å². The van der Waals surface area contributed by atoms with Crippen molar-refractivity contribution in [2.24, 2.45) is 17.8 Å². The summed E-state index contributed by atoms with van der Waals surface area (Å²) in [5, 5.41) is 6.36. The van der Waals surface area contributed by atoms with Crippen molar-refractivity contribution in [2.75, 3.05) is 5.32 Å². The smallest absolute Gasteiger partial charge is 0.246 e. The first-order chi connectivity index (χ1) is 17.9. The molecule has 2 aliphatic carbocycles. The van der Waals surface area contributed by atoms with Gasteiger partial charge in [-0.3, -0.25) is 14.4 Å². The van der Waals surface area contributed by atoms with E-state index in [1.807, 2.05) is 48.2 Å². The van der Waals surface area contributed by atoms with Crippen LogP contribution in [0.2, 0.25) is 0 Å². The van der Waals surface area contributed by atoms with Crippen LogP contribution in [0.4, 0.5) is 5.69 Å². The van der Waals surface area contributed by atoms with Crippen molar-refractivity contribution in [1.29, 1.82) is 0 Å². The van der Waals surface area contributed by atoms with Crippen LogP contribution < -0.4 is 10.6 Å². The van der Waals surface area contributed by atoms with E-state index in [2.05, 4.69) is 17.6 Å². The van der Waals surface area contributed by atoms with Crippen molar-refractivity contribution in [3.63, 3.8) is 0 Å². The van der Waals surface area contributed by atoms with Gasteiger partial charge in [-0.25, -0.2) is 0 Å². The Labute approximate surface area is 219 Å². The Morgan fingerprint density at radius 2 is 1.78 bits per heavy atom. The fourth-order valence-corrected chi connectivity index (χ4v) is 7.70. The third kappa shape index (κ3) is 4.10. The summed E-state index contributed by atoms with van der Waals surface area (Å²) in [6.45, 7) is 4.18. The van der Waals surface area contributed by atoms with Crippen molar-refractivity contribution in [2.45, 2.75) is 101 Å². The van der Waals surface area contributed by atoms with Crippen molar-refractivity contribution in [3.05, 3.63) is 42.0 Å². The molecule has 5 aliphatic rings. The summed E-state index contributed by atoms with van der Waals surface area (Å²) in [4.78, 5) is 43.7. The third-order valence-electron chi connectivity index (χ3n) is 9.56. The van der Waals surface area contributed by atoms with Gasteiger partial charge >= 0.3 is 0 Å². The predicted molar refractivity (Wildman–Crippen MR) is 141 cm³/mol. The molecule has 6 rings (SSSR count). The highest BCUT2D eigenvalue weighted by atomic mass is 16.5. The number of benzene rings is 1. The van der Waals surface area contributed by atoms with E-state index in [-0.39, 0.29) is 29.8 Å². The molecule has 2 saturated carbocycles. The van der Waals surface area contributed by atoms with E-state index in [4.69, 9.17) is 4.74 Å². The van der Waals surface area contributed by atoms with Crippen LogP contribution in [0.25, 0.3) is 0 Å². The Morgan fingerprint density at radius 3 is 2.54 bits per heavy atom. The molecule has 0 radical (unpaired) electrons. The van der Waals surface area contributed by atoms with Crippen LogP contribution in [-0.2, 0) is 19.1 Å². The summed E-state index contributed by atoms with van der Waals surface area (Å²) in [5.74, 6) is -1.37. The van der Waals surface area contributed by atoms with Crippen LogP contribution >= 0.6 is 0 Å². The zero-order valence-corrected chi connectivity index (χ0v) is 21.9. The predicted octanol–water partition coefficient (Wildman–Crippen LogP) is 4.11. The van der Waals surface area contributed by atoms with E-state index in [1.165, 1.54) is 6.42 Å². The molecule has 2 N–H and O–H groups in total. The molecule has 37 heavy (non-hydrogen) atoms. The highest BCUT2D eigenvalue weighted by Gasteiger charge is 2.73. The lowest BCUT2D eigenvalue weighted by atomic mass is 9.74. The van der Waals surface area contributed by atoms with Crippen LogP contribution in [0.15, 0.2) is 36.4 Å². The molecule has 1 aromatic rings. The lowest BCUT2D eigenvalue weighted by Crippen LogP contribution is -2.59. The molecule has 0 aromatic heterocycles. The number of hydrogen-bond acceptors (Lipinski definition) is 4. The van der Waals surface area contributed by atoms with Crippen LogP contribution in [0.1, 0.15) is 70.3 Å². The Bertz CT molecular complexity index is 1110. The maximum Gasteiger partial charge on any atom is 0.246 e. The molecule has 7 nitrogen and oxygen atoms in total. The number of nitrogens with one attached hydrogen (secondary N) is 2. The van der Waals surface area contributed by atoms with Crippen molar-refractivity contribution in [3.8, 4) is 0 Å². The maximum absolute atomic E-state index is 14.2. The molecule has 198 valence electrons. The second-order valence-electron chi connectivity index (χ2n) is 12.0. The molecule has 7 atom stereocenters. The molecule has 2 bridgehead atoms. The number of likely N-dealkylation sites (tertiary alicyclic amines) is 1. The van der Waals surface area contributed by atoms with Crippen LogP contribution in [0, 0.1) is 24.7 Å². The van der Waals surface area contributed by atoms with Gasteiger partial charge in [-0.05, 0) is 56.2 Å². The molecule has 7 unspecified atom stereocenters. The second-order valence-corrected chi connectivity index (χ2v) is 12.0. The normalized spacial score (nSPS) is 37.0. The highest BCUT2D eigenvalue weighted by Crippen LogP contribution is 2.56. The van der Waals surface area contributed by atoms with E-state index in [0.717, 1.165) is 56.9 Å². The minimum absolute atomic E-state index is 0.0114. The van der Waals surface area contributed by atoms with Gasteiger partial charge in [0.1, 0.15) is 11.6 Å². The average molecular weight is 506 g/mol. The van der Waals surface area contributed by atoms with Crippen molar-refractivity contribution < 1.29 is 19.1 Å². The number of nitrogens with zero attached hydrogens (tertiary/aromatic N) is 1. The number of aryl methyl sites for hydroxylation is 1. The molecule has 3 amide bonds. The summed E-state index contributed by atoms with van der Waals surface area (Å²) in [7, 11) is 0.